The average Bonchev–Trinajstić information content (AvgIpc) is 2.73. The molecule has 2 amide bonds. The second kappa shape index (κ2) is 12.0. The molecule has 0 saturated carbocycles. The number of benzene rings is 2. The Morgan fingerprint density at radius 1 is 1.03 bits per heavy atom. The molecule has 0 saturated heterocycles. The summed E-state index contributed by atoms with van der Waals surface area (Å²) in [5.74, 6) is -0.924. The minimum absolute atomic E-state index is 0.0167. The molecular formula is C25H32Cl3N3O4S. The second-order valence-electron chi connectivity index (χ2n) is 9.62. The number of carbonyl (C=O) groups is 2. The van der Waals surface area contributed by atoms with Gasteiger partial charge in [-0.3, -0.25) is 13.9 Å². The van der Waals surface area contributed by atoms with Crippen LogP contribution in [0.3, 0.4) is 0 Å². The van der Waals surface area contributed by atoms with Crippen LogP contribution in [0.5, 0.6) is 0 Å². The SMILES string of the molecule is CCC(C(=O)NC(C)(C)C)N(Cc1ccc(Cl)cc1Cl)C(=O)CN(c1ccc(C)c(Cl)c1)S(C)(=O)=O. The fourth-order valence-corrected chi connectivity index (χ4v) is 5.04. The fourth-order valence-electron chi connectivity index (χ4n) is 3.56. The maximum absolute atomic E-state index is 13.7. The van der Waals surface area contributed by atoms with Crippen LogP contribution in [0.2, 0.25) is 15.1 Å². The van der Waals surface area contributed by atoms with Gasteiger partial charge >= 0.3 is 0 Å². The van der Waals surface area contributed by atoms with Crippen LogP contribution in [0.1, 0.15) is 45.2 Å². The third-order valence-electron chi connectivity index (χ3n) is 5.36. The second-order valence-corrected chi connectivity index (χ2v) is 12.8. The number of nitrogens with zero attached hydrogens (tertiary/aromatic N) is 2. The van der Waals surface area contributed by atoms with Gasteiger partial charge in [0.15, 0.2) is 0 Å². The van der Waals surface area contributed by atoms with Gasteiger partial charge in [0.25, 0.3) is 0 Å². The number of aryl methyl sites for hydroxylation is 1. The number of sulfonamides is 1. The Hall–Kier alpha value is -2.00. The lowest BCUT2D eigenvalue weighted by atomic mass is 10.1. The van der Waals surface area contributed by atoms with Gasteiger partial charge in [0.05, 0.1) is 11.9 Å². The highest BCUT2D eigenvalue weighted by molar-refractivity contribution is 7.92. The molecule has 7 nitrogen and oxygen atoms in total. The van der Waals surface area contributed by atoms with Gasteiger partial charge in [-0.05, 0) is 69.5 Å². The van der Waals surface area contributed by atoms with E-state index in [1.807, 2.05) is 20.8 Å². The summed E-state index contributed by atoms with van der Waals surface area (Å²) >= 11 is 18.6. The van der Waals surface area contributed by atoms with Crippen molar-refractivity contribution in [2.24, 2.45) is 0 Å². The van der Waals surface area contributed by atoms with Crippen molar-refractivity contribution in [3.05, 3.63) is 62.6 Å². The number of carbonyl (C=O) groups excluding carboxylic acids is 2. The number of rotatable bonds is 9. The standard InChI is InChI=1S/C25H32Cl3N3O4S/c1-7-22(24(33)29-25(3,4)5)30(14-17-9-10-18(26)12-21(17)28)23(32)15-31(36(6,34)35)19-11-8-16(2)20(27)13-19/h8-13,22H,7,14-15H2,1-6H3,(H,29,33). The molecule has 0 radical (unpaired) electrons. The Morgan fingerprint density at radius 3 is 2.17 bits per heavy atom. The summed E-state index contributed by atoms with van der Waals surface area (Å²) < 4.78 is 26.4. The minimum atomic E-state index is -3.86. The van der Waals surface area contributed by atoms with Crippen LogP contribution in [0.4, 0.5) is 5.69 Å². The molecule has 36 heavy (non-hydrogen) atoms. The zero-order valence-corrected chi connectivity index (χ0v) is 24.3. The van der Waals surface area contributed by atoms with Crippen molar-refractivity contribution in [3.8, 4) is 0 Å². The van der Waals surface area contributed by atoms with Crippen LogP contribution in [-0.4, -0.2) is 49.5 Å². The molecule has 0 spiro atoms. The van der Waals surface area contributed by atoms with Crippen molar-refractivity contribution >= 4 is 62.3 Å². The maximum atomic E-state index is 13.7. The van der Waals surface area contributed by atoms with E-state index in [9.17, 15) is 18.0 Å². The number of halogens is 3. The Labute approximate surface area is 228 Å². The van der Waals surface area contributed by atoms with Crippen LogP contribution >= 0.6 is 34.8 Å². The summed E-state index contributed by atoms with van der Waals surface area (Å²) in [7, 11) is -3.86. The Kier molecular flexibility index (Phi) is 10.1. The van der Waals surface area contributed by atoms with Crippen molar-refractivity contribution in [2.75, 3.05) is 17.1 Å². The molecule has 0 bridgehead atoms. The molecule has 0 aliphatic heterocycles. The Morgan fingerprint density at radius 2 is 1.67 bits per heavy atom. The van der Waals surface area contributed by atoms with Gasteiger partial charge < -0.3 is 10.2 Å². The van der Waals surface area contributed by atoms with Crippen molar-refractivity contribution in [3.63, 3.8) is 0 Å². The lowest BCUT2D eigenvalue weighted by Gasteiger charge is -2.34. The number of hydrogen-bond acceptors (Lipinski definition) is 4. The molecule has 11 heteroatoms. The van der Waals surface area contributed by atoms with Gasteiger partial charge in [-0.25, -0.2) is 8.42 Å². The highest BCUT2D eigenvalue weighted by Gasteiger charge is 2.33. The highest BCUT2D eigenvalue weighted by Crippen LogP contribution is 2.27. The fraction of sp³-hybridized carbons (Fsp3) is 0.440. The quantitative estimate of drug-likeness (QED) is 0.430. The Bertz CT molecular complexity index is 1230. The molecule has 0 heterocycles. The molecule has 1 N–H and O–H groups in total. The van der Waals surface area contributed by atoms with Gasteiger partial charge in [-0.1, -0.05) is 53.9 Å². The number of nitrogens with one attached hydrogen (secondary N) is 1. The van der Waals surface area contributed by atoms with Crippen LogP contribution in [0, 0.1) is 6.92 Å². The van der Waals surface area contributed by atoms with E-state index in [-0.39, 0.29) is 18.1 Å². The van der Waals surface area contributed by atoms with Gasteiger partial charge in [0.2, 0.25) is 21.8 Å². The molecule has 0 fully saturated rings. The van der Waals surface area contributed by atoms with Gasteiger partial charge in [-0.15, -0.1) is 0 Å². The highest BCUT2D eigenvalue weighted by atomic mass is 35.5. The number of anilines is 1. The van der Waals surface area contributed by atoms with E-state index in [4.69, 9.17) is 34.8 Å². The van der Waals surface area contributed by atoms with Crippen molar-refractivity contribution in [2.45, 2.75) is 59.2 Å². The van der Waals surface area contributed by atoms with Crippen LogP contribution < -0.4 is 9.62 Å². The summed E-state index contributed by atoms with van der Waals surface area (Å²) in [6.07, 6.45) is 1.31. The van der Waals surface area contributed by atoms with E-state index in [1.165, 1.54) is 11.0 Å². The maximum Gasteiger partial charge on any atom is 0.244 e. The minimum Gasteiger partial charge on any atom is -0.350 e. The van der Waals surface area contributed by atoms with E-state index in [0.717, 1.165) is 16.1 Å². The molecule has 1 unspecified atom stereocenters. The van der Waals surface area contributed by atoms with Crippen molar-refractivity contribution < 1.29 is 18.0 Å². The summed E-state index contributed by atoms with van der Waals surface area (Å²) in [6, 6.07) is 8.75. The van der Waals surface area contributed by atoms with Crippen molar-refractivity contribution in [1.82, 2.24) is 10.2 Å². The first-order valence-corrected chi connectivity index (χ1v) is 14.3. The molecule has 2 rings (SSSR count). The predicted molar refractivity (Wildman–Crippen MR) is 147 cm³/mol. The monoisotopic (exact) mass is 575 g/mol. The number of amides is 2. The van der Waals surface area contributed by atoms with E-state index >= 15 is 0 Å². The van der Waals surface area contributed by atoms with Crippen LogP contribution in [0.25, 0.3) is 0 Å². The molecule has 0 aliphatic rings. The largest absolute Gasteiger partial charge is 0.350 e. The normalized spacial score (nSPS) is 12.7. The number of hydrogen-bond donors (Lipinski definition) is 1. The van der Waals surface area contributed by atoms with E-state index < -0.39 is 34.1 Å². The van der Waals surface area contributed by atoms with E-state index in [1.54, 1.807) is 44.2 Å². The van der Waals surface area contributed by atoms with Gasteiger partial charge in [-0.2, -0.15) is 0 Å². The summed E-state index contributed by atoms with van der Waals surface area (Å²) in [5, 5.41) is 4.04. The molecule has 0 aliphatic carbocycles. The Balaban J connectivity index is 2.52. The first-order valence-electron chi connectivity index (χ1n) is 11.3. The molecule has 2 aromatic rings. The zero-order valence-electron chi connectivity index (χ0n) is 21.2. The van der Waals surface area contributed by atoms with Crippen molar-refractivity contribution in [1.29, 1.82) is 0 Å². The summed E-state index contributed by atoms with van der Waals surface area (Å²) in [6.45, 7) is 8.55. The predicted octanol–water partition coefficient (Wildman–Crippen LogP) is 5.44. The summed E-state index contributed by atoms with van der Waals surface area (Å²) in [5.41, 5.74) is 1.05. The summed E-state index contributed by atoms with van der Waals surface area (Å²) in [4.78, 5) is 28.3. The topological polar surface area (TPSA) is 86.8 Å². The van der Waals surface area contributed by atoms with E-state index in [0.29, 0.717) is 27.1 Å². The van der Waals surface area contributed by atoms with Crippen LogP contribution in [0.15, 0.2) is 36.4 Å². The third kappa shape index (κ3) is 8.26. The smallest absolute Gasteiger partial charge is 0.244 e. The van der Waals surface area contributed by atoms with Gasteiger partial charge in [0.1, 0.15) is 12.6 Å². The first-order chi connectivity index (χ1) is 16.5. The lowest BCUT2D eigenvalue weighted by molar-refractivity contribution is -0.141. The van der Waals surface area contributed by atoms with Crippen LogP contribution in [-0.2, 0) is 26.2 Å². The molecule has 2 aromatic carbocycles. The zero-order chi connectivity index (χ0) is 27.4. The molecule has 1 atom stereocenters. The molecular weight excluding hydrogens is 545 g/mol. The third-order valence-corrected chi connectivity index (χ3v) is 7.50. The van der Waals surface area contributed by atoms with Gasteiger partial charge in [0, 0.05) is 27.2 Å². The first kappa shape index (κ1) is 30.2. The molecule has 0 aromatic heterocycles. The van der Waals surface area contributed by atoms with E-state index in [2.05, 4.69) is 5.32 Å². The molecule has 198 valence electrons. The lowest BCUT2D eigenvalue weighted by Crippen LogP contribution is -2.55. The average molecular weight is 577 g/mol.